The summed E-state index contributed by atoms with van der Waals surface area (Å²) in [6.45, 7) is 2.53. The zero-order chi connectivity index (χ0) is 19.2. The van der Waals surface area contributed by atoms with Crippen LogP contribution in [0.3, 0.4) is 0 Å². The van der Waals surface area contributed by atoms with Crippen LogP contribution in [0.2, 0.25) is 0 Å². The predicted octanol–water partition coefficient (Wildman–Crippen LogP) is 3.34. The van der Waals surface area contributed by atoms with Gasteiger partial charge in [0.05, 0.1) is 11.5 Å². The fraction of sp³-hybridized carbons (Fsp3) is 0.263. The van der Waals surface area contributed by atoms with Crippen molar-refractivity contribution in [2.24, 2.45) is 5.10 Å². The summed E-state index contributed by atoms with van der Waals surface area (Å²) in [6.07, 6.45) is 1.78. The van der Waals surface area contributed by atoms with E-state index in [-0.39, 0.29) is 23.8 Å². The molecule has 2 aromatic carbocycles. The van der Waals surface area contributed by atoms with Crippen LogP contribution >= 0.6 is 0 Å². The Morgan fingerprint density at radius 2 is 2.00 bits per heavy atom. The molecular weight excluding hydrogens is 348 g/mol. The van der Waals surface area contributed by atoms with Gasteiger partial charge in [-0.25, -0.2) is 4.79 Å². The van der Waals surface area contributed by atoms with E-state index in [9.17, 15) is 14.9 Å². The summed E-state index contributed by atoms with van der Waals surface area (Å²) in [5.41, 5.74) is 4.75. The molecule has 3 rings (SSSR count). The van der Waals surface area contributed by atoms with Crippen molar-refractivity contribution in [3.05, 3.63) is 64.2 Å². The molecule has 0 fully saturated rings. The summed E-state index contributed by atoms with van der Waals surface area (Å²) in [5, 5.41) is 15.4. The van der Waals surface area contributed by atoms with Crippen LogP contribution in [0, 0.1) is 10.1 Å². The number of nitrogens with one attached hydrogen (secondary N) is 1. The number of para-hydroxylation sites is 3. The number of aryl methyl sites for hydroxylation is 1. The number of nitro groups is 1. The Kier molecular flexibility index (Phi) is 5.65. The predicted molar refractivity (Wildman–Crippen MR) is 103 cm³/mol. The SMILES string of the molecule is CCOC(=O)/C(=N/Nc1ccccc1[N+](=O)[O-])N1CCCc2ccccc21. The van der Waals surface area contributed by atoms with Gasteiger partial charge in [0.1, 0.15) is 5.69 Å². The van der Waals surface area contributed by atoms with Gasteiger partial charge in [-0.3, -0.25) is 15.5 Å². The molecule has 1 aliphatic heterocycles. The van der Waals surface area contributed by atoms with Crippen molar-refractivity contribution in [1.29, 1.82) is 0 Å². The Hall–Kier alpha value is -3.42. The molecule has 0 amide bonds. The van der Waals surface area contributed by atoms with Gasteiger partial charge in [0.2, 0.25) is 5.84 Å². The summed E-state index contributed by atoms with van der Waals surface area (Å²) in [4.78, 5) is 25.0. The van der Waals surface area contributed by atoms with Crippen molar-refractivity contribution in [2.45, 2.75) is 19.8 Å². The Morgan fingerprint density at radius 3 is 2.78 bits per heavy atom. The second-order valence-electron chi connectivity index (χ2n) is 5.93. The molecule has 0 atom stereocenters. The Bertz CT molecular complexity index is 882. The Morgan fingerprint density at radius 1 is 1.26 bits per heavy atom. The molecule has 0 unspecified atom stereocenters. The van der Waals surface area contributed by atoms with E-state index in [1.165, 1.54) is 12.1 Å². The lowest BCUT2D eigenvalue weighted by Gasteiger charge is -2.30. The highest BCUT2D eigenvalue weighted by Crippen LogP contribution is 2.28. The summed E-state index contributed by atoms with van der Waals surface area (Å²) < 4.78 is 5.15. The average Bonchev–Trinajstić information content (AvgIpc) is 2.68. The lowest BCUT2D eigenvalue weighted by molar-refractivity contribution is -0.384. The van der Waals surface area contributed by atoms with Crippen LogP contribution in [-0.2, 0) is 16.0 Å². The van der Waals surface area contributed by atoms with Crippen LogP contribution in [0.5, 0.6) is 0 Å². The largest absolute Gasteiger partial charge is 0.460 e. The van der Waals surface area contributed by atoms with E-state index in [1.807, 2.05) is 24.3 Å². The van der Waals surface area contributed by atoms with Gasteiger partial charge in [-0.05, 0) is 37.5 Å². The monoisotopic (exact) mass is 368 g/mol. The molecule has 0 radical (unpaired) electrons. The molecule has 2 aromatic rings. The van der Waals surface area contributed by atoms with E-state index in [4.69, 9.17) is 4.74 Å². The molecule has 0 aliphatic carbocycles. The van der Waals surface area contributed by atoms with E-state index < -0.39 is 10.9 Å². The number of anilines is 2. The third-order valence-corrected chi connectivity index (χ3v) is 4.21. The fourth-order valence-electron chi connectivity index (χ4n) is 3.01. The third-order valence-electron chi connectivity index (χ3n) is 4.21. The molecule has 0 saturated carbocycles. The molecule has 27 heavy (non-hydrogen) atoms. The van der Waals surface area contributed by atoms with Gasteiger partial charge in [-0.2, -0.15) is 0 Å². The first kappa shape index (κ1) is 18.4. The number of benzene rings is 2. The number of hydrogen-bond acceptors (Lipinski definition) is 6. The number of fused-ring (bicyclic) bond motifs is 1. The van der Waals surface area contributed by atoms with Gasteiger partial charge in [-0.1, -0.05) is 30.3 Å². The van der Waals surface area contributed by atoms with Crippen LogP contribution in [-0.4, -0.2) is 29.9 Å². The van der Waals surface area contributed by atoms with E-state index in [1.54, 1.807) is 24.0 Å². The molecule has 1 aliphatic rings. The van der Waals surface area contributed by atoms with Crippen molar-refractivity contribution in [3.63, 3.8) is 0 Å². The van der Waals surface area contributed by atoms with E-state index >= 15 is 0 Å². The number of amidine groups is 1. The van der Waals surface area contributed by atoms with Gasteiger partial charge in [0.25, 0.3) is 5.69 Å². The van der Waals surface area contributed by atoms with E-state index in [0.29, 0.717) is 6.54 Å². The minimum Gasteiger partial charge on any atom is -0.460 e. The van der Waals surface area contributed by atoms with Crippen LogP contribution in [0.1, 0.15) is 18.9 Å². The number of nitro benzene ring substituents is 1. The number of carbonyl (C=O) groups excluding carboxylic acids is 1. The molecular formula is C19H20N4O4. The van der Waals surface area contributed by atoms with Crippen molar-refractivity contribution in [2.75, 3.05) is 23.5 Å². The number of hydrazone groups is 1. The minimum atomic E-state index is -0.583. The first-order valence-electron chi connectivity index (χ1n) is 8.71. The van der Waals surface area contributed by atoms with Gasteiger partial charge in [-0.15, -0.1) is 5.10 Å². The molecule has 8 nitrogen and oxygen atoms in total. The topological polar surface area (TPSA) is 97.1 Å². The summed E-state index contributed by atoms with van der Waals surface area (Å²) >= 11 is 0. The lowest BCUT2D eigenvalue weighted by atomic mass is 10.0. The number of ether oxygens (including phenoxy) is 1. The second-order valence-corrected chi connectivity index (χ2v) is 5.93. The number of carbonyl (C=O) groups is 1. The van der Waals surface area contributed by atoms with Crippen LogP contribution < -0.4 is 10.3 Å². The zero-order valence-electron chi connectivity index (χ0n) is 14.9. The average molecular weight is 368 g/mol. The quantitative estimate of drug-likeness (QED) is 0.292. The minimum absolute atomic E-state index is 0.0714. The summed E-state index contributed by atoms with van der Waals surface area (Å²) in [7, 11) is 0. The first-order chi connectivity index (χ1) is 13.1. The maximum atomic E-state index is 12.5. The molecule has 1 heterocycles. The van der Waals surface area contributed by atoms with Crippen molar-refractivity contribution < 1.29 is 14.5 Å². The maximum absolute atomic E-state index is 12.5. The number of hydrogen-bond donors (Lipinski definition) is 1. The van der Waals surface area contributed by atoms with Gasteiger partial charge >= 0.3 is 5.97 Å². The number of rotatable bonds is 4. The second kappa shape index (κ2) is 8.31. The maximum Gasteiger partial charge on any atom is 0.376 e. The molecule has 0 saturated heterocycles. The summed E-state index contributed by atoms with van der Waals surface area (Å²) in [5.74, 6) is -0.512. The third kappa shape index (κ3) is 4.05. The van der Waals surface area contributed by atoms with Crippen molar-refractivity contribution in [1.82, 2.24) is 0 Å². The van der Waals surface area contributed by atoms with Gasteiger partial charge in [0.15, 0.2) is 0 Å². The molecule has 0 aromatic heterocycles. The number of nitrogens with zero attached hydrogens (tertiary/aromatic N) is 3. The smallest absolute Gasteiger partial charge is 0.376 e. The zero-order valence-corrected chi connectivity index (χ0v) is 14.9. The van der Waals surface area contributed by atoms with E-state index in [0.717, 1.165) is 24.1 Å². The normalized spacial score (nSPS) is 13.7. The highest BCUT2D eigenvalue weighted by molar-refractivity contribution is 6.41. The molecule has 8 heteroatoms. The summed E-state index contributed by atoms with van der Waals surface area (Å²) in [6, 6.07) is 13.9. The lowest BCUT2D eigenvalue weighted by Crippen LogP contribution is -2.41. The molecule has 140 valence electrons. The standard InChI is InChI=1S/C19H20N4O4/c1-2-27-19(24)18(21-20-15-10-4-6-12-17(15)23(25)26)22-13-7-9-14-8-3-5-11-16(14)22/h3-6,8,10-12,20H,2,7,9,13H2,1H3/b21-18-. The Labute approximate surface area is 156 Å². The van der Waals surface area contributed by atoms with Crippen molar-refractivity contribution >= 4 is 28.9 Å². The van der Waals surface area contributed by atoms with Crippen LogP contribution in [0.25, 0.3) is 0 Å². The van der Waals surface area contributed by atoms with Crippen molar-refractivity contribution in [3.8, 4) is 0 Å². The molecule has 0 bridgehead atoms. The van der Waals surface area contributed by atoms with E-state index in [2.05, 4.69) is 10.5 Å². The van der Waals surface area contributed by atoms with Crippen LogP contribution in [0.4, 0.5) is 17.1 Å². The van der Waals surface area contributed by atoms with Gasteiger partial charge in [0, 0.05) is 18.3 Å². The fourth-order valence-corrected chi connectivity index (χ4v) is 3.01. The molecule has 0 spiro atoms. The molecule has 1 N–H and O–H groups in total. The number of esters is 1. The van der Waals surface area contributed by atoms with Crippen LogP contribution in [0.15, 0.2) is 53.6 Å². The first-order valence-corrected chi connectivity index (χ1v) is 8.71. The highest BCUT2D eigenvalue weighted by atomic mass is 16.6. The van der Waals surface area contributed by atoms with Gasteiger partial charge < -0.3 is 9.64 Å². The highest BCUT2D eigenvalue weighted by Gasteiger charge is 2.27. The Balaban J connectivity index is 1.97.